The highest BCUT2D eigenvalue weighted by molar-refractivity contribution is 5.97. The van der Waals surface area contributed by atoms with Crippen LogP contribution in [0.15, 0.2) is 18.2 Å². The molecule has 4 heteroatoms. The van der Waals surface area contributed by atoms with E-state index in [-0.39, 0.29) is 24.5 Å². The van der Waals surface area contributed by atoms with E-state index in [4.69, 9.17) is 5.73 Å². The maximum atomic E-state index is 12.7. The number of amides is 1. The number of carbonyl (C=O) groups excluding carboxylic acids is 1. The van der Waals surface area contributed by atoms with E-state index < -0.39 is 0 Å². The van der Waals surface area contributed by atoms with E-state index in [2.05, 4.69) is 11.8 Å². The van der Waals surface area contributed by atoms with Gasteiger partial charge in [-0.15, -0.1) is 0 Å². The average molecular weight is 286 g/mol. The molecule has 2 atom stereocenters. The van der Waals surface area contributed by atoms with Gasteiger partial charge in [-0.3, -0.25) is 4.79 Å². The summed E-state index contributed by atoms with van der Waals surface area (Å²) in [4.78, 5) is 14.5. The van der Waals surface area contributed by atoms with E-state index in [0.717, 1.165) is 11.1 Å². The summed E-state index contributed by atoms with van der Waals surface area (Å²) in [5.41, 5.74) is 7.78. The van der Waals surface area contributed by atoms with Crippen LogP contribution in [0, 0.1) is 24.7 Å². The third kappa shape index (κ3) is 3.63. The van der Waals surface area contributed by atoms with E-state index in [1.54, 1.807) is 4.90 Å². The summed E-state index contributed by atoms with van der Waals surface area (Å²) in [6.07, 6.45) is 0.311. The van der Waals surface area contributed by atoms with Gasteiger partial charge in [0.2, 0.25) is 0 Å². The standard InChI is InChI=1S/C17H22N2O2/c1-12-5-6-14(4-3-8-18)15(10-12)17(21)19-9-7-16(20)13(2)11-19/h5-6,10,13,16,20H,7-9,11,18H2,1-2H3. The van der Waals surface area contributed by atoms with Gasteiger partial charge in [0.05, 0.1) is 18.2 Å². The Labute approximate surface area is 125 Å². The maximum Gasteiger partial charge on any atom is 0.255 e. The third-order valence-electron chi connectivity index (χ3n) is 3.88. The van der Waals surface area contributed by atoms with Crippen LogP contribution in [0.4, 0.5) is 0 Å². The maximum absolute atomic E-state index is 12.7. The summed E-state index contributed by atoms with van der Waals surface area (Å²) < 4.78 is 0. The highest BCUT2D eigenvalue weighted by Crippen LogP contribution is 2.20. The van der Waals surface area contributed by atoms with Crippen LogP contribution in [-0.4, -0.2) is 41.7 Å². The fourth-order valence-electron chi connectivity index (χ4n) is 2.58. The van der Waals surface area contributed by atoms with Crippen LogP contribution in [0.1, 0.15) is 34.8 Å². The van der Waals surface area contributed by atoms with Gasteiger partial charge in [-0.1, -0.05) is 30.4 Å². The lowest BCUT2D eigenvalue weighted by Crippen LogP contribution is -2.45. The molecule has 2 unspecified atom stereocenters. The monoisotopic (exact) mass is 286 g/mol. The van der Waals surface area contributed by atoms with Crippen LogP contribution >= 0.6 is 0 Å². The summed E-state index contributed by atoms with van der Waals surface area (Å²) in [5.74, 6) is 5.86. The highest BCUT2D eigenvalue weighted by atomic mass is 16.3. The van der Waals surface area contributed by atoms with E-state index in [0.29, 0.717) is 25.1 Å². The largest absolute Gasteiger partial charge is 0.393 e. The Morgan fingerprint density at radius 1 is 1.52 bits per heavy atom. The molecular formula is C17H22N2O2. The van der Waals surface area contributed by atoms with Crippen molar-refractivity contribution in [3.8, 4) is 11.8 Å². The van der Waals surface area contributed by atoms with Crippen molar-refractivity contribution in [3.05, 3.63) is 34.9 Å². The summed E-state index contributed by atoms with van der Waals surface area (Å²) >= 11 is 0. The Morgan fingerprint density at radius 2 is 2.29 bits per heavy atom. The van der Waals surface area contributed by atoms with Gasteiger partial charge in [-0.05, 0) is 31.4 Å². The molecule has 2 rings (SSSR count). The number of nitrogens with two attached hydrogens (primary N) is 1. The molecule has 1 fully saturated rings. The second kappa shape index (κ2) is 6.75. The zero-order valence-corrected chi connectivity index (χ0v) is 12.6. The number of hydrogen-bond donors (Lipinski definition) is 2. The minimum absolute atomic E-state index is 0.0150. The lowest BCUT2D eigenvalue weighted by Gasteiger charge is -2.34. The first kappa shape index (κ1) is 15.6. The van der Waals surface area contributed by atoms with Crippen molar-refractivity contribution in [2.24, 2.45) is 11.7 Å². The molecule has 0 spiro atoms. The normalized spacial score (nSPS) is 21.6. The van der Waals surface area contributed by atoms with Crippen molar-refractivity contribution in [1.29, 1.82) is 0 Å². The average Bonchev–Trinajstić information content (AvgIpc) is 2.48. The van der Waals surface area contributed by atoms with Gasteiger partial charge in [-0.25, -0.2) is 0 Å². The molecule has 0 bridgehead atoms. The SMILES string of the molecule is Cc1ccc(C#CCN)c(C(=O)N2CCC(O)C(C)C2)c1. The minimum Gasteiger partial charge on any atom is -0.393 e. The summed E-state index contributed by atoms with van der Waals surface area (Å²) in [7, 11) is 0. The van der Waals surface area contributed by atoms with Crippen LogP contribution in [0.5, 0.6) is 0 Å². The van der Waals surface area contributed by atoms with Crippen LogP contribution in [0.3, 0.4) is 0 Å². The quantitative estimate of drug-likeness (QED) is 0.761. The van der Waals surface area contributed by atoms with Gasteiger partial charge >= 0.3 is 0 Å². The number of hydrogen-bond acceptors (Lipinski definition) is 3. The van der Waals surface area contributed by atoms with Crippen molar-refractivity contribution >= 4 is 5.91 Å². The molecule has 0 aliphatic carbocycles. The topological polar surface area (TPSA) is 66.6 Å². The highest BCUT2D eigenvalue weighted by Gasteiger charge is 2.28. The van der Waals surface area contributed by atoms with Crippen LogP contribution in [-0.2, 0) is 0 Å². The number of nitrogens with zero attached hydrogens (tertiary/aromatic N) is 1. The predicted octanol–water partition coefficient (Wildman–Crippen LogP) is 1.15. The smallest absolute Gasteiger partial charge is 0.255 e. The molecule has 0 radical (unpaired) electrons. The number of benzene rings is 1. The predicted molar refractivity (Wildman–Crippen MR) is 82.8 cm³/mol. The number of piperidine rings is 1. The van der Waals surface area contributed by atoms with Crippen molar-refractivity contribution in [2.75, 3.05) is 19.6 Å². The van der Waals surface area contributed by atoms with Gasteiger partial charge in [0.25, 0.3) is 5.91 Å². The fraction of sp³-hybridized carbons (Fsp3) is 0.471. The van der Waals surface area contributed by atoms with Crippen LogP contribution in [0.25, 0.3) is 0 Å². The van der Waals surface area contributed by atoms with Gasteiger partial charge in [0, 0.05) is 18.7 Å². The van der Waals surface area contributed by atoms with Gasteiger partial charge in [0.15, 0.2) is 0 Å². The molecule has 0 aromatic heterocycles. The lowest BCUT2D eigenvalue weighted by molar-refractivity contribution is 0.0297. The van der Waals surface area contributed by atoms with Gasteiger partial charge < -0.3 is 15.7 Å². The number of aliphatic hydroxyl groups is 1. The number of rotatable bonds is 1. The first-order valence-electron chi connectivity index (χ1n) is 7.30. The number of likely N-dealkylation sites (tertiary alicyclic amines) is 1. The molecule has 0 saturated carbocycles. The van der Waals surface area contributed by atoms with Crippen molar-refractivity contribution < 1.29 is 9.90 Å². The molecular weight excluding hydrogens is 264 g/mol. The molecule has 1 aromatic rings. The van der Waals surface area contributed by atoms with Crippen molar-refractivity contribution in [1.82, 2.24) is 4.90 Å². The van der Waals surface area contributed by atoms with E-state index in [1.165, 1.54) is 0 Å². The summed E-state index contributed by atoms with van der Waals surface area (Å²) in [6, 6.07) is 5.69. The second-order valence-electron chi connectivity index (χ2n) is 5.64. The Bertz CT molecular complexity index is 586. The Balaban J connectivity index is 2.28. The first-order chi connectivity index (χ1) is 10.0. The van der Waals surface area contributed by atoms with Gasteiger partial charge in [0.1, 0.15) is 0 Å². The number of carbonyl (C=O) groups is 1. The lowest BCUT2D eigenvalue weighted by atomic mass is 9.95. The van der Waals surface area contributed by atoms with Crippen molar-refractivity contribution in [3.63, 3.8) is 0 Å². The Morgan fingerprint density at radius 3 is 2.95 bits per heavy atom. The van der Waals surface area contributed by atoms with Crippen LogP contribution in [0.2, 0.25) is 0 Å². The molecule has 3 N–H and O–H groups in total. The molecule has 21 heavy (non-hydrogen) atoms. The molecule has 1 aromatic carbocycles. The minimum atomic E-state index is -0.317. The van der Waals surface area contributed by atoms with Gasteiger partial charge in [-0.2, -0.15) is 0 Å². The number of aliphatic hydroxyl groups excluding tert-OH is 1. The van der Waals surface area contributed by atoms with Crippen molar-refractivity contribution in [2.45, 2.75) is 26.4 Å². The summed E-state index contributed by atoms with van der Waals surface area (Å²) in [6.45, 7) is 5.36. The Kier molecular flexibility index (Phi) is 5.00. The molecule has 1 aliphatic heterocycles. The molecule has 112 valence electrons. The van der Waals surface area contributed by atoms with E-state index >= 15 is 0 Å². The molecule has 1 amide bonds. The Hall–Kier alpha value is -1.83. The molecule has 1 saturated heterocycles. The van der Waals surface area contributed by atoms with Crippen LogP contribution < -0.4 is 5.73 Å². The molecule has 4 nitrogen and oxygen atoms in total. The van der Waals surface area contributed by atoms with E-state index in [1.807, 2.05) is 32.0 Å². The zero-order chi connectivity index (χ0) is 15.4. The second-order valence-corrected chi connectivity index (χ2v) is 5.64. The fourth-order valence-corrected chi connectivity index (χ4v) is 2.58. The van der Waals surface area contributed by atoms with E-state index in [9.17, 15) is 9.90 Å². The first-order valence-corrected chi connectivity index (χ1v) is 7.30. The molecule has 1 heterocycles. The third-order valence-corrected chi connectivity index (χ3v) is 3.88. The number of aryl methyl sites for hydroxylation is 1. The summed E-state index contributed by atoms with van der Waals surface area (Å²) in [5, 5.41) is 9.79. The molecule has 1 aliphatic rings. The zero-order valence-electron chi connectivity index (χ0n) is 12.6.